The lowest BCUT2D eigenvalue weighted by molar-refractivity contribution is -0.0237. The fourth-order valence-electron chi connectivity index (χ4n) is 5.36. The van der Waals surface area contributed by atoms with E-state index in [2.05, 4.69) is 26.0 Å². The maximum absolute atomic E-state index is 10.4. The summed E-state index contributed by atoms with van der Waals surface area (Å²) in [6.45, 7) is 4.05. The third-order valence-corrected chi connectivity index (χ3v) is 6.83. The van der Waals surface area contributed by atoms with Crippen molar-refractivity contribution in [1.82, 2.24) is 0 Å². The Hall–Kier alpha value is -0.940. The fourth-order valence-corrected chi connectivity index (χ4v) is 5.36. The SMILES string of the molecule is CC1=C(C=CC2=C[C@H](O)C[C@]3(C)[C@@H]([C@@H](O)CO)CC[C@@H]23)C[C@@H](O)CC1. The van der Waals surface area contributed by atoms with Crippen LogP contribution in [0.3, 0.4) is 0 Å². The van der Waals surface area contributed by atoms with Gasteiger partial charge in [0.25, 0.3) is 0 Å². The van der Waals surface area contributed by atoms with Gasteiger partial charge in [-0.3, -0.25) is 0 Å². The molecule has 0 heterocycles. The molecule has 0 aliphatic heterocycles. The maximum Gasteiger partial charge on any atom is 0.0804 e. The van der Waals surface area contributed by atoms with E-state index >= 15 is 0 Å². The normalized spacial score (nSPS) is 40.3. The Morgan fingerprint density at radius 2 is 2.00 bits per heavy atom. The van der Waals surface area contributed by atoms with Gasteiger partial charge < -0.3 is 20.4 Å². The number of aliphatic hydroxyl groups is 4. The fraction of sp³-hybridized carbons (Fsp3) is 0.714. The Morgan fingerprint density at radius 3 is 2.72 bits per heavy atom. The molecule has 4 nitrogen and oxygen atoms in total. The molecule has 3 aliphatic carbocycles. The van der Waals surface area contributed by atoms with Crippen molar-refractivity contribution >= 4 is 0 Å². The summed E-state index contributed by atoms with van der Waals surface area (Å²) in [6.07, 6.45) is 9.64. The van der Waals surface area contributed by atoms with Crippen LogP contribution in [-0.4, -0.2) is 45.3 Å². The van der Waals surface area contributed by atoms with E-state index in [1.807, 2.05) is 6.08 Å². The van der Waals surface area contributed by atoms with Gasteiger partial charge in [-0.1, -0.05) is 30.7 Å². The molecule has 0 aromatic heterocycles. The highest BCUT2D eigenvalue weighted by molar-refractivity contribution is 5.37. The Bertz CT molecular complexity index is 591. The van der Waals surface area contributed by atoms with E-state index in [4.69, 9.17) is 0 Å². The second-order valence-corrected chi connectivity index (χ2v) is 8.47. The quantitative estimate of drug-likeness (QED) is 0.629. The molecule has 0 radical (unpaired) electrons. The van der Waals surface area contributed by atoms with Gasteiger partial charge in [0.1, 0.15) is 0 Å². The lowest BCUT2D eigenvalue weighted by Crippen LogP contribution is -2.42. The molecule has 4 N–H and O–H groups in total. The molecule has 140 valence electrons. The van der Waals surface area contributed by atoms with Gasteiger partial charge in [-0.2, -0.15) is 0 Å². The molecule has 0 saturated heterocycles. The van der Waals surface area contributed by atoms with E-state index in [9.17, 15) is 20.4 Å². The van der Waals surface area contributed by atoms with Gasteiger partial charge in [0, 0.05) is 0 Å². The van der Waals surface area contributed by atoms with Gasteiger partial charge in [0.15, 0.2) is 0 Å². The number of allylic oxidation sites excluding steroid dienone is 4. The van der Waals surface area contributed by atoms with Crippen LogP contribution in [0, 0.1) is 17.3 Å². The summed E-state index contributed by atoms with van der Waals surface area (Å²) in [5.41, 5.74) is 3.48. The van der Waals surface area contributed by atoms with E-state index in [0.29, 0.717) is 18.8 Å². The molecule has 0 amide bonds. The summed E-state index contributed by atoms with van der Waals surface area (Å²) < 4.78 is 0. The molecule has 0 bridgehead atoms. The summed E-state index contributed by atoms with van der Waals surface area (Å²) in [4.78, 5) is 0. The Labute approximate surface area is 150 Å². The predicted molar refractivity (Wildman–Crippen MR) is 97.8 cm³/mol. The number of hydrogen-bond donors (Lipinski definition) is 4. The van der Waals surface area contributed by atoms with Crippen molar-refractivity contribution < 1.29 is 20.4 Å². The van der Waals surface area contributed by atoms with Gasteiger partial charge in [-0.05, 0) is 73.8 Å². The molecule has 0 spiro atoms. The summed E-state index contributed by atoms with van der Waals surface area (Å²) in [7, 11) is 0. The zero-order valence-electron chi connectivity index (χ0n) is 15.4. The van der Waals surface area contributed by atoms with Crippen LogP contribution in [-0.2, 0) is 0 Å². The van der Waals surface area contributed by atoms with Crippen LogP contribution in [0.1, 0.15) is 52.4 Å². The topological polar surface area (TPSA) is 80.9 Å². The molecule has 0 aromatic carbocycles. The first kappa shape index (κ1) is 18.8. The minimum Gasteiger partial charge on any atom is -0.394 e. The molecule has 0 aromatic rings. The van der Waals surface area contributed by atoms with Crippen LogP contribution < -0.4 is 0 Å². The van der Waals surface area contributed by atoms with Crippen LogP contribution in [0.15, 0.2) is 34.9 Å². The minimum absolute atomic E-state index is 0.0201. The molecule has 4 heteroatoms. The maximum atomic E-state index is 10.4. The number of fused-ring (bicyclic) bond motifs is 1. The van der Waals surface area contributed by atoms with Crippen LogP contribution in [0.25, 0.3) is 0 Å². The zero-order valence-corrected chi connectivity index (χ0v) is 15.4. The Morgan fingerprint density at radius 1 is 1.24 bits per heavy atom. The average Bonchev–Trinajstić information content (AvgIpc) is 2.91. The molecular formula is C21H32O4. The molecule has 6 atom stereocenters. The summed E-state index contributed by atoms with van der Waals surface area (Å²) >= 11 is 0. The van der Waals surface area contributed by atoms with Crippen LogP contribution in [0.5, 0.6) is 0 Å². The molecule has 25 heavy (non-hydrogen) atoms. The lowest BCUT2D eigenvalue weighted by atomic mass is 9.63. The highest BCUT2D eigenvalue weighted by Gasteiger charge is 2.52. The lowest BCUT2D eigenvalue weighted by Gasteiger charge is -2.43. The molecule has 0 unspecified atom stereocenters. The van der Waals surface area contributed by atoms with Gasteiger partial charge in [-0.25, -0.2) is 0 Å². The molecule has 1 fully saturated rings. The number of aliphatic hydroxyl groups excluding tert-OH is 4. The largest absolute Gasteiger partial charge is 0.394 e. The number of hydrogen-bond acceptors (Lipinski definition) is 4. The first-order valence-electron chi connectivity index (χ1n) is 9.58. The van der Waals surface area contributed by atoms with Crippen molar-refractivity contribution in [2.45, 2.75) is 70.7 Å². The van der Waals surface area contributed by atoms with Crippen molar-refractivity contribution in [3.8, 4) is 0 Å². The highest BCUT2D eigenvalue weighted by atomic mass is 16.3. The Balaban J connectivity index is 1.84. The predicted octanol–water partition coefficient (Wildman–Crippen LogP) is 2.48. The van der Waals surface area contributed by atoms with Crippen LogP contribution in [0.2, 0.25) is 0 Å². The standard InChI is InChI=1S/C21H32O4/c1-13-3-6-16(23)9-14(13)4-5-15-10-17(24)11-21(2)18(15)7-8-19(21)20(25)12-22/h4-5,10,16-20,22-25H,3,6-9,11-12H2,1-2H3/t16-,17-,18-,19+,20-,21-/m0/s1. The zero-order chi connectivity index (χ0) is 18.2. The van der Waals surface area contributed by atoms with Crippen molar-refractivity contribution in [3.05, 3.63) is 34.9 Å². The average molecular weight is 348 g/mol. The van der Waals surface area contributed by atoms with E-state index in [1.165, 1.54) is 11.1 Å². The number of rotatable bonds is 4. The van der Waals surface area contributed by atoms with E-state index in [0.717, 1.165) is 31.3 Å². The van der Waals surface area contributed by atoms with E-state index in [1.54, 1.807) is 0 Å². The summed E-state index contributed by atoms with van der Waals surface area (Å²) in [5.74, 6) is 0.319. The minimum atomic E-state index is -0.719. The second kappa shape index (κ2) is 7.36. The van der Waals surface area contributed by atoms with Crippen molar-refractivity contribution in [2.75, 3.05) is 6.61 Å². The van der Waals surface area contributed by atoms with Crippen LogP contribution in [0.4, 0.5) is 0 Å². The van der Waals surface area contributed by atoms with E-state index in [-0.39, 0.29) is 24.0 Å². The smallest absolute Gasteiger partial charge is 0.0804 e. The third-order valence-electron chi connectivity index (χ3n) is 6.83. The van der Waals surface area contributed by atoms with Crippen molar-refractivity contribution in [1.29, 1.82) is 0 Å². The summed E-state index contributed by atoms with van der Waals surface area (Å²) in [6, 6.07) is 0. The van der Waals surface area contributed by atoms with Crippen molar-refractivity contribution in [2.24, 2.45) is 17.3 Å². The first-order chi connectivity index (χ1) is 11.8. The van der Waals surface area contributed by atoms with Gasteiger partial charge in [0.05, 0.1) is 24.9 Å². The second-order valence-electron chi connectivity index (χ2n) is 8.47. The third kappa shape index (κ3) is 3.63. The molecule has 3 rings (SSSR count). The summed E-state index contributed by atoms with van der Waals surface area (Å²) in [5, 5.41) is 39.9. The van der Waals surface area contributed by atoms with Gasteiger partial charge >= 0.3 is 0 Å². The molecular weight excluding hydrogens is 316 g/mol. The van der Waals surface area contributed by atoms with Crippen LogP contribution >= 0.6 is 0 Å². The monoisotopic (exact) mass is 348 g/mol. The Kier molecular flexibility index (Phi) is 5.54. The highest BCUT2D eigenvalue weighted by Crippen LogP contribution is 2.57. The molecule has 1 saturated carbocycles. The first-order valence-corrected chi connectivity index (χ1v) is 9.58. The van der Waals surface area contributed by atoms with Crippen molar-refractivity contribution in [3.63, 3.8) is 0 Å². The van der Waals surface area contributed by atoms with Gasteiger partial charge in [0.2, 0.25) is 0 Å². The van der Waals surface area contributed by atoms with E-state index < -0.39 is 12.2 Å². The molecule has 3 aliphatic rings. The van der Waals surface area contributed by atoms with Gasteiger partial charge in [-0.15, -0.1) is 0 Å².